The van der Waals surface area contributed by atoms with Crippen molar-refractivity contribution in [2.75, 3.05) is 7.11 Å². The van der Waals surface area contributed by atoms with Crippen LogP contribution in [-0.4, -0.2) is 49.2 Å². The summed E-state index contributed by atoms with van der Waals surface area (Å²) in [6, 6.07) is 0. The van der Waals surface area contributed by atoms with Crippen LogP contribution in [0.4, 0.5) is 0 Å². The van der Waals surface area contributed by atoms with Gasteiger partial charge in [-0.25, -0.2) is 0 Å². The van der Waals surface area contributed by atoms with Gasteiger partial charge in [-0.2, -0.15) is 0 Å². The summed E-state index contributed by atoms with van der Waals surface area (Å²) < 4.78 is 32.5. The van der Waals surface area contributed by atoms with Gasteiger partial charge in [0.05, 0.1) is 5.73 Å². The second-order valence-corrected chi connectivity index (χ2v) is 21.8. The molecule has 0 aromatic heterocycles. The van der Waals surface area contributed by atoms with Gasteiger partial charge in [0, 0.05) is 7.11 Å². The minimum Gasteiger partial charge on any atom is -0.420 e. The number of hydrogen-bond acceptors (Lipinski definition) is 5. The molecule has 5 nitrogen and oxygen atoms in total. The van der Waals surface area contributed by atoms with Crippen LogP contribution in [0.25, 0.3) is 0 Å². The third-order valence-corrected chi connectivity index (χ3v) is 19.8. The summed E-state index contributed by atoms with van der Waals surface area (Å²) in [6.45, 7) is 19.6. The van der Waals surface area contributed by atoms with Gasteiger partial charge in [-0.05, 0) is 29.1 Å². The Morgan fingerprint density at radius 1 is 0.667 bits per heavy atom. The minimum absolute atomic E-state index is 0.0375. The van der Waals surface area contributed by atoms with Crippen molar-refractivity contribution in [2.45, 2.75) is 90.2 Å². The highest BCUT2D eigenvalue weighted by Gasteiger charge is 2.54. The van der Waals surface area contributed by atoms with Gasteiger partial charge in [-0.15, -0.1) is 0 Å². The Hall–Kier alpha value is 0.668. The van der Waals surface area contributed by atoms with E-state index in [-0.39, 0.29) is 5.73 Å². The predicted octanol–water partition coefficient (Wildman–Crippen LogP) is 3.38. The number of hydrogen-bond donors (Lipinski definition) is 0. The summed E-state index contributed by atoms with van der Waals surface area (Å²) in [5.74, 6) is 0. The summed E-state index contributed by atoms with van der Waals surface area (Å²) in [6.07, 6.45) is 0. The number of methoxy groups -OCH3 is 1. The molecule has 1 aliphatic rings. The second-order valence-electron chi connectivity index (χ2n) is 8.10. The van der Waals surface area contributed by atoms with Gasteiger partial charge in [0.15, 0.2) is 0 Å². The molecule has 1 aliphatic heterocycles. The molecule has 1 saturated heterocycles. The average molecular weight is 411 g/mol. The fourth-order valence-corrected chi connectivity index (χ4v) is 22.9. The Kier molecular flexibility index (Phi) is 9.04. The summed E-state index contributed by atoms with van der Waals surface area (Å²) in [5, 5.41) is 0. The molecule has 0 radical (unpaired) electrons. The zero-order chi connectivity index (χ0) is 18.7. The first-order valence-electron chi connectivity index (χ1n) is 9.24. The van der Waals surface area contributed by atoms with Crippen LogP contribution in [0, 0.1) is 0 Å². The SMILES string of the molecule is COC(C)[Si]1(C(C)C)O[SiH](C(C)C)O[SiH](C(C)C)O[SiH](C(C)C)O1. The second kappa shape index (κ2) is 9.56. The number of rotatable bonds is 6. The van der Waals surface area contributed by atoms with Crippen molar-refractivity contribution in [1.29, 1.82) is 0 Å². The first kappa shape index (κ1) is 22.7. The van der Waals surface area contributed by atoms with Gasteiger partial charge >= 0.3 is 36.4 Å². The van der Waals surface area contributed by atoms with Gasteiger partial charge in [0.2, 0.25) is 0 Å². The maximum absolute atomic E-state index is 6.81. The van der Waals surface area contributed by atoms with Crippen molar-refractivity contribution in [1.82, 2.24) is 0 Å². The van der Waals surface area contributed by atoms with E-state index in [1.165, 1.54) is 0 Å². The van der Waals surface area contributed by atoms with Crippen LogP contribution in [0.2, 0.25) is 22.2 Å². The third-order valence-electron chi connectivity index (χ3n) is 4.50. The monoisotopic (exact) mass is 410 g/mol. The summed E-state index contributed by atoms with van der Waals surface area (Å²) >= 11 is 0. The van der Waals surface area contributed by atoms with Crippen molar-refractivity contribution in [3.05, 3.63) is 0 Å². The van der Waals surface area contributed by atoms with Gasteiger partial charge in [-0.1, -0.05) is 55.4 Å². The Morgan fingerprint density at radius 2 is 1.04 bits per heavy atom. The van der Waals surface area contributed by atoms with E-state index >= 15 is 0 Å². The van der Waals surface area contributed by atoms with Gasteiger partial charge in [0.1, 0.15) is 0 Å². The van der Waals surface area contributed by atoms with E-state index in [0.717, 1.165) is 0 Å². The largest absolute Gasteiger partial charge is 0.420 e. The average Bonchev–Trinajstić information content (AvgIpc) is 2.45. The molecule has 0 aromatic carbocycles. The molecule has 24 heavy (non-hydrogen) atoms. The first-order chi connectivity index (χ1) is 11.0. The maximum Gasteiger partial charge on any atom is 0.352 e. The van der Waals surface area contributed by atoms with Crippen LogP contribution in [-0.2, 0) is 21.2 Å². The molecule has 3 unspecified atom stereocenters. The van der Waals surface area contributed by atoms with Crippen LogP contribution in [0.3, 0.4) is 0 Å². The first-order valence-corrected chi connectivity index (χ1v) is 16.0. The smallest absolute Gasteiger partial charge is 0.352 e. The Balaban J connectivity index is 3.28. The fraction of sp³-hybridized carbons (Fsp3) is 1.00. The molecule has 0 spiro atoms. The maximum atomic E-state index is 6.81. The van der Waals surface area contributed by atoms with Crippen LogP contribution in [0.1, 0.15) is 62.3 Å². The molecule has 1 rings (SSSR count). The van der Waals surface area contributed by atoms with Gasteiger partial charge in [-0.3, -0.25) is 0 Å². The van der Waals surface area contributed by atoms with E-state index in [2.05, 4.69) is 62.3 Å². The molecule has 0 bridgehead atoms. The highest BCUT2D eigenvalue weighted by molar-refractivity contribution is 6.84. The Bertz CT molecular complexity index is 361. The summed E-state index contributed by atoms with van der Waals surface area (Å²) in [7, 11) is -6.38. The quantitative estimate of drug-likeness (QED) is 0.628. The normalized spacial score (nSPS) is 34.0. The lowest BCUT2D eigenvalue weighted by atomic mass is 10.6. The fourth-order valence-electron chi connectivity index (χ4n) is 2.74. The lowest BCUT2D eigenvalue weighted by Gasteiger charge is -2.47. The highest BCUT2D eigenvalue weighted by atomic mass is 28.5. The van der Waals surface area contributed by atoms with Crippen molar-refractivity contribution in [2.24, 2.45) is 0 Å². The highest BCUT2D eigenvalue weighted by Crippen LogP contribution is 2.36. The summed E-state index contributed by atoms with van der Waals surface area (Å²) in [4.78, 5) is 0. The van der Waals surface area contributed by atoms with Gasteiger partial charge < -0.3 is 21.2 Å². The van der Waals surface area contributed by atoms with Crippen molar-refractivity contribution < 1.29 is 21.2 Å². The van der Waals surface area contributed by atoms with E-state index in [1.54, 1.807) is 7.11 Å². The van der Waals surface area contributed by atoms with E-state index < -0.39 is 36.4 Å². The molecule has 0 aliphatic carbocycles. The predicted molar refractivity (Wildman–Crippen MR) is 108 cm³/mol. The molecular formula is C15H38O5Si4. The molecule has 0 amide bonds. The third kappa shape index (κ3) is 5.33. The number of ether oxygens (including phenoxy) is 1. The lowest BCUT2D eigenvalue weighted by Crippen LogP contribution is -2.65. The van der Waals surface area contributed by atoms with Crippen LogP contribution in [0.5, 0.6) is 0 Å². The molecule has 144 valence electrons. The Labute approximate surface area is 155 Å². The molecule has 3 atom stereocenters. The van der Waals surface area contributed by atoms with Crippen molar-refractivity contribution in [3.8, 4) is 0 Å². The molecule has 1 heterocycles. The van der Waals surface area contributed by atoms with Crippen molar-refractivity contribution >= 4 is 36.4 Å². The minimum atomic E-state index is -2.59. The molecular weight excluding hydrogens is 373 g/mol. The van der Waals surface area contributed by atoms with Crippen molar-refractivity contribution in [3.63, 3.8) is 0 Å². The molecule has 0 saturated carbocycles. The van der Waals surface area contributed by atoms with Crippen LogP contribution < -0.4 is 0 Å². The van der Waals surface area contributed by atoms with Crippen LogP contribution in [0.15, 0.2) is 0 Å². The van der Waals surface area contributed by atoms with E-state index in [9.17, 15) is 0 Å². The molecule has 0 N–H and O–H groups in total. The zero-order valence-electron chi connectivity index (χ0n) is 17.2. The zero-order valence-corrected chi connectivity index (χ0v) is 21.6. The topological polar surface area (TPSA) is 46.2 Å². The van der Waals surface area contributed by atoms with E-state index in [0.29, 0.717) is 22.2 Å². The Morgan fingerprint density at radius 3 is 1.29 bits per heavy atom. The van der Waals surface area contributed by atoms with Gasteiger partial charge in [0.25, 0.3) is 0 Å². The molecule has 9 heteroatoms. The summed E-state index contributed by atoms with van der Waals surface area (Å²) in [5.41, 5.74) is 1.45. The molecule has 1 fully saturated rings. The standard InChI is InChI=1S/C15H38O5Si4/c1-11(2)21-17-22(12(3)4)19-24(14(7)8,15(9)16-10)20-23(18-21)13(5)6/h11-15,21-23H,1-10H3. The lowest BCUT2D eigenvalue weighted by molar-refractivity contribution is 0.119. The van der Waals surface area contributed by atoms with E-state index in [1.807, 2.05) is 0 Å². The molecule has 0 aromatic rings. The van der Waals surface area contributed by atoms with Crippen LogP contribution >= 0.6 is 0 Å². The van der Waals surface area contributed by atoms with E-state index in [4.69, 9.17) is 21.2 Å².